The van der Waals surface area contributed by atoms with Crippen molar-refractivity contribution in [2.24, 2.45) is 0 Å². The van der Waals surface area contributed by atoms with Gasteiger partial charge in [0.25, 0.3) is 0 Å². The highest BCUT2D eigenvalue weighted by Crippen LogP contribution is 2.36. The number of anilines is 1. The van der Waals surface area contributed by atoms with Crippen LogP contribution in [0.5, 0.6) is 0 Å². The van der Waals surface area contributed by atoms with Gasteiger partial charge in [-0.15, -0.1) is 0 Å². The second-order valence-electron chi connectivity index (χ2n) is 5.72. The Hall–Kier alpha value is -0.990. The van der Waals surface area contributed by atoms with Crippen molar-refractivity contribution in [2.45, 2.75) is 69.7 Å². The van der Waals surface area contributed by atoms with E-state index in [1.807, 2.05) is 0 Å². The summed E-state index contributed by atoms with van der Waals surface area (Å²) in [5.74, 6) is 0.631. The van der Waals surface area contributed by atoms with Crippen LogP contribution in [0.15, 0.2) is 6.20 Å². The Bertz CT molecular complexity index is 371. The quantitative estimate of drug-likeness (QED) is 0.847. The highest BCUT2D eigenvalue weighted by atomic mass is 15.3. The molecular formula is C14H23N3. The Morgan fingerprint density at radius 1 is 1.00 bits per heavy atom. The Labute approximate surface area is 103 Å². The van der Waals surface area contributed by atoms with Gasteiger partial charge in [-0.25, -0.2) is 0 Å². The van der Waals surface area contributed by atoms with Crippen LogP contribution >= 0.6 is 0 Å². The van der Waals surface area contributed by atoms with Crippen LogP contribution in [0.2, 0.25) is 0 Å². The van der Waals surface area contributed by atoms with Gasteiger partial charge in [0.05, 0.1) is 17.4 Å². The van der Waals surface area contributed by atoms with Crippen LogP contribution in [-0.2, 0) is 0 Å². The second-order valence-corrected chi connectivity index (χ2v) is 5.72. The smallest absolute Gasteiger partial charge is 0.0884 e. The lowest BCUT2D eigenvalue weighted by Gasteiger charge is -2.20. The first-order valence-corrected chi connectivity index (χ1v) is 7.19. The summed E-state index contributed by atoms with van der Waals surface area (Å²) in [4.78, 5) is 0. The van der Waals surface area contributed by atoms with Gasteiger partial charge in [-0.3, -0.25) is 4.68 Å². The van der Waals surface area contributed by atoms with E-state index in [1.54, 1.807) is 0 Å². The fraction of sp³-hybridized carbons (Fsp3) is 0.786. The van der Waals surface area contributed by atoms with Gasteiger partial charge in [0, 0.05) is 12.1 Å². The van der Waals surface area contributed by atoms with Crippen molar-refractivity contribution in [3.05, 3.63) is 11.9 Å². The predicted octanol–water partition coefficient (Wildman–Crippen LogP) is 3.63. The van der Waals surface area contributed by atoms with E-state index in [9.17, 15) is 0 Å². The van der Waals surface area contributed by atoms with Crippen LogP contribution in [0.25, 0.3) is 0 Å². The Morgan fingerprint density at radius 2 is 1.65 bits per heavy atom. The van der Waals surface area contributed by atoms with Crippen molar-refractivity contribution in [1.82, 2.24) is 9.78 Å². The van der Waals surface area contributed by atoms with Gasteiger partial charge < -0.3 is 5.73 Å². The molecule has 3 nitrogen and oxygen atoms in total. The molecule has 2 saturated carbocycles. The van der Waals surface area contributed by atoms with Crippen molar-refractivity contribution < 1.29 is 0 Å². The Kier molecular flexibility index (Phi) is 3.08. The van der Waals surface area contributed by atoms with Crippen LogP contribution in [0, 0.1) is 0 Å². The van der Waals surface area contributed by atoms with Crippen molar-refractivity contribution in [1.29, 1.82) is 0 Å². The summed E-state index contributed by atoms with van der Waals surface area (Å²) in [6.07, 6.45) is 14.0. The minimum Gasteiger partial charge on any atom is -0.396 e. The molecule has 2 aliphatic rings. The SMILES string of the molecule is Nc1cn(C2CCCC2)nc1C1CCCCC1. The van der Waals surface area contributed by atoms with Gasteiger partial charge in [-0.1, -0.05) is 32.1 Å². The van der Waals surface area contributed by atoms with E-state index in [-0.39, 0.29) is 0 Å². The maximum atomic E-state index is 6.16. The van der Waals surface area contributed by atoms with E-state index in [4.69, 9.17) is 10.8 Å². The monoisotopic (exact) mass is 233 g/mol. The molecule has 0 atom stereocenters. The van der Waals surface area contributed by atoms with Crippen molar-refractivity contribution >= 4 is 5.69 Å². The molecule has 0 aromatic carbocycles. The molecule has 3 rings (SSSR count). The Morgan fingerprint density at radius 3 is 2.35 bits per heavy atom. The van der Waals surface area contributed by atoms with E-state index < -0.39 is 0 Å². The zero-order valence-corrected chi connectivity index (χ0v) is 10.6. The highest BCUT2D eigenvalue weighted by Gasteiger charge is 2.24. The van der Waals surface area contributed by atoms with Gasteiger partial charge in [0.15, 0.2) is 0 Å². The van der Waals surface area contributed by atoms with Crippen LogP contribution in [0.4, 0.5) is 5.69 Å². The van der Waals surface area contributed by atoms with E-state index >= 15 is 0 Å². The zero-order chi connectivity index (χ0) is 11.7. The maximum absolute atomic E-state index is 6.16. The summed E-state index contributed by atoms with van der Waals surface area (Å²) in [6.45, 7) is 0. The van der Waals surface area contributed by atoms with Gasteiger partial charge in [-0.2, -0.15) is 5.10 Å². The normalized spacial score (nSPS) is 23.3. The molecule has 3 heteroatoms. The molecule has 1 aromatic rings. The average molecular weight is 233 g/mol. The molecule has 2 aliphatic carbocycles. The molecule has 1 heterocycles. The molecule has 2 fully saturated rings. The minimum absolute atomic E-state index is 0.620. The minimum atomic E-state index is 0.620. The number of hydrogen-bond donors (Lipinski definition) is 1. The molecule has 94 valence electrons. The van der Waals surface area contributed by atoms with Gasteiger partial charge in [-0.05, 0) is 25.7 Å². The summed E-state index contributed by atoms with van der Waals surface area (Å²) in [5.41, 5.74) is 8.28. The van der Waals surface area contributed by atoms with Crippen LogP contribution in [-0.4, -0.2) is 9.78 Å². The molecular weight excluding hydrogens is 210 g/mol. The molecule has 0 saturated heterocycles. The van der Waals surface area contributed by atoms with Gasteiger partial charge >= 0.3 is 0 Å². The first-order valence-electron chi connectivity index (χ1n) is 7.19. The third kappa shape index (κ3) is 2.20. The Balaban J connectivity index is 1.79. The van der Waals surface area contributed by atoms with Crippen LogP contribution < -0.4 is 5.73 Å². The molecule has 17 heavy (non-hydrogen) atoms. The summed E-state index contributed by atoms with van der Waals surface area (Å²) in [7, 11) is 0. The number of nitrogens with zero attached hydrogens (tertiary/aromatic N) is 2. The molecule has 0 unspecified atom stereocenters. The van der Waals surface area contributed by atoms with E-state index in [1.165, 1.54) is 63.5 Å². The topological polar surface area (TPSA) is 43.8 Å². The molecule has 2 N–H and O–H groups in total. The van der Waals surface area contributed by atoms with Crippen molar-refractivity contribution in [3.8, 4) is 0 Å². The van der Waals surface area contributed by atoms with Gasteiger partial charge in [0.2, 0.25) is 0 Å². The molecule has 0 aliphatic heterocycles. The summed E-state index contributed by atoms with van der Waals surface area (Å²) in [5, 5.41) is 4.81. The highest BCUT2D eigenvalue weighted by molar-refractivity contribution is 5.43. The third-order valence-corrected chi connectivity index (χ3v) is 4.48. The first-order chi connectivity index (χ1) is 8.34. The number of hydrogen-bond acceptors (Lipinski definition) is 2. The van der Waals surface area contributed by atoms with Crippen molar-refractivity contribution in [3.63, 3.8) is 0 Å². The van der Waals surface area contributed by atoms with E-state index in [2.05, 4.69) is 10.9 Å². The van der Waals surface area contributed by atoms with E-state index in [0.717, 1.165) is 5.69 Å². The lowest BCUT2D eigenvalue weighted by atomic mass is 9.86. The second kappa shape index (κ2) is 4.71. The summed E-state index contributed by atoms with van der Waals surface area (Å²) >= 11 is 0. The lowest BCUT2D eigenvalue weighted by molar-refractivity contribution is 0.418. The number of rotatable bonds is 2. The lowest BCUT2D eigenvalue weighted by Crippen LogP contribution is -2.09. The molecule has 0 amide bonds. The maximum Gasteiger partial charge on any atom is 0.0884 e. The predicted molar refractivity (Wildman–Crippen MR) is 70.0 cm³/mol. The summed E-state index contributed by atoms with van der Waals surface area (Å²) in [6, 6.07) is 0.620. The molecule has 0 bridgehead atoms. The fourth-order valence-electron chi connectivity index (χ4n) is 3.47. The van der Waals surface area contributed by atoms with Crippen LogP contribution in [0.3, 0.4) is 0 Å². The fourth-order valence-corrected chi connectivity index (χ4v) is 3.47. The average Bonchev–Trinajstić information content (AvgIpc) is 2.99. The van der Waals surface area contributed by atoms with E-state index in [0.29, 0.717) is 12.0 Å². The molecule has 0 spiro atoms. The molecule has 1 aromatic heterocycles. The zero-order valence-electron chi connectivity index (χ0n) is 10.6. The largest absolute Gasteiger partial charge is 0.396 e. The standard InChI is InChI=1S/C14H23N3/c15-13-10-17(12-8-4-5-9-12)16-14(13)11-6-2-1-3-7-11/h10-12H,1-9,15H2. The van der Waals surface area contributed by atoms with Gasteiger partial charge in [0.1, 0.15) is 0 Å². The molecule has 0 radical (unpaired) electrons. The van der Waals surface area contributed by atoms with Crippen molar-refractivity contribution in [2.75, 3.05) is 5.73 Å². The first kappa shape index (κ1) is 11.1. The number of nitrogens with two attached hydrogens (primary N) is 1. The summed E-state index contributed by atoms with van der Waals surface area (Å²) < 4.78 is 2.16. The number of aromatic nitrogens is 2. The third-order valence-electron chi connectivity index (χ3n) is 4.48. The van der Waals surface area contributed by atoms with Crippen LogP contribution in [0.1, 0.15) is 75.4 Å². The number of nitrogen functional groups attached to an aromatic ring is 1.